The third-order valence-electron chi connectivity index (χ3n) is 6.56. The maximum absolute atomic E-state index is 14.5. The summed E-state index contributed by atoms with van der Waals surface area (Å²) in [5.41, 5.74) is 1.15. The summed E-state index contributed by atoms with van der Waals surface area (Å²) in [6, 6.07) is 41.2. The maximum Gasteiger partial charge on any atom is 0.300 e. The van der Waals surface area contributed by atoms with Gasteiger partial charge in [0.15, 0.2) is 0 Å². The number of hydrogen-bond donors (Lipinski definition) is 2. The van der Waals surface area contributed by atoms with Gasteiger partial charge >= 0.3 is 5.91 Å². The Hall–Kier alpha value is -5.23. The zero-order valence-electron chi connectivity index (χ0n) is 20.4. The molecule has 0 saturated carbocycles. The van der Waals surface area contributed by atoms with Gasteiger partial charge in [0.05, 0.1) is 5.69 Å². The first kappa shape index (κ1) is 23.2. The van der Waals surface area contributed by atoms with Gasteiger partial charge in [-0.15, -0.1) is 0 Å². The van der Waals surface area contributed by atoms with Crippen LogP contribution in [-0.2, 0) is 4.79 Å². The molecule has 0 bridgehead atoms. The summed E-state index contributed by atoms with van der Waals surface area (Å²) in [6.45, 7) is 0. The van der Waals surface area contributed by atoms with Crippen molar-refractivity contribution in [3.05, 3.63) is 145 Å². The van der Waals surface area contributed by atoms with Gasteiger partial charge in [-0.3, -0.25) is 9.59 Å². The van der Waals surface area contributed by atoms with Crippen LogP contribution in [-0.4, -0.2) is 23.2 Å². The van der Waals surface area contributed by atoms with Crippen molar-refractivity contribution < 1.29 is 9.59 Å². The highest BCUT2D eigenvalue weighted by atomic mass is 16.2. The first-order valence-corrected chi connectivity index (χ1v) is 12.3. The van der Waals surface area contributed by atoms with Crippen LogP contribution in [0.2, 0.25) is 0 Å². The first-order chi connectivity index (χ1) is 18.7. The van der Waals surface area contributed by atoms with Gasteiger partial charge < -0.3 is 10.6 Å². The van der Waals surface area contributed by atoms with E-state index >= 15 is 0 Å². The minimum Gasteiger partial charge on any atom is -0.350 e. The quantitative estimate of drug-likeness (QED) is 0.291. The van der Waals surface area contributed by atoms with Crippen molar-refractivity contribution in [1.82, 2.24) is 5.32 Å². The number of hydrazone groups is 1. The van der Waals surface area contributed by atoms with Crippen molar-refractivity contribution >= 4 is 39.7 Å². The van der Waals surface area contributed by atoms with Crippen LogP contribution >= 0.6 is 0 Å². The van der Waals surface area contributed by atoms with Gasteiger partial charge in [-0.05, 0) is 47.2 Å². The lowest BCUT2D eigenvalue weighted by atomic mass is 9.91. The van der Waals surface area contributed by atoms with E-state index in [1.165, 1.54) is 5.01 Å². The van der Waals surface area contributed by atoms with Gasteiger partial charge in [0.1, 0.15) is 5.71 Å². The molecular formula is C32H24N4O2. The smallest absolute Gasteiger partial charge is 0.300 e. The molecule has 1 aliphatic rings. The number of hydrogen-bond acceptors (Lipinski definition) is 4. The Morgan fingerprint density at radius 3 is 2.03 bits per heavy atom. The molecule has 6 nitrogen and oxygen atoms in total. The average molecular weight is 497 g/mol. The number of anilines is 2. The molecule has 0 aromatic heterocycles. The third-order valence-corrected chi connectivity index (χ3v) is 6.56. The van der Waals surface area contributed by atoms with E-state index in [-0.39, 0.29) is 0 Å². The van der Waals surface area contributed by atoms with Crippen molar-refractivity contribution in [3.63, 3.8) is 0 Å². The molecule has 1 unspecified atom stereocenters. The summed E-state index contributed by atoms with van der Waals surface area (Å²) >= 11 is 0. The van der Waals surface area contributed by atoms with E-state index in [2.05, 4.69) is 10.6 Å². The molecule has 1 aliphatic heterocycles. The van der Waals surface area contributed by atoms with E-state index in [1.807, 2.05) is 109 Å². The number of rotatable bonds is 6. The van der Waals surface area contributed by atoms with E-state index in [1.54, 1.807) is 24.3 Å². The van der Waals surface area contributed by atoms with Crippen molar-refractivity contribution in [2.45, 2.75) is 5.66 Å². The van der Waals surface area contributed by atoms with E-state index in [0.29, 0.717) is 22.6 Å². The molecule has 1 atom stereocenters. The highest BCUT2D eigenvalue weighted by molar-refractivity contribution is 6.33. The zero-order valence-corrected chi connectivity index (χ0v) is 20.4. The number of para-hydroxylation sites is 2. The molecule has 0 aliphatic carbocycles. The fourth-order valence-corrected chi connectivity index (χ4v) is 4.74. The number of carbonyl (C=O) groups excluding carboxylic acids is 2. The summed E-state index contributed by atoms with van der Waals surface area (Å²) in [5.74, 6) is -0.815. The van der Waals surface area contributed by atoms with E-state index in [9.17, 15) is 9.59 Å². The number of fused-ring (bicyclic) bond motifs is 1. The number of benzene rings is 5. The highest BCUT2D eigenvalue weighted by Gasteiger charge is 2.54. The molecule has 0 fully saturated rings. The molecule has 184 valence electrons. The molecule has 6 heteroatoms. The summed E-state index contributed by atoms with van der Waals surface area (Å²) < 4.78 is 0. The number of amides is 2. The zero-order chi connectivity index (χ0) is 26.0. The van der Waals surface area contributed by atoms with Gasteiger partial charge in [-0.25, -0.2) is 0 Å². The Morgan fingerprint density at radius 1 is 0.684 bits per heavy atom. The van der Waals surface area contributed by atoms with Crippen LogP contribution in [0.1, 0.15) is 15.9 Å². The van der Waals surface area contributed by atoms with Crippen LogP contribution in [0.5, 0.6) is 0 Å². The van der Waals surface area contributed by atoms with Crippen LogP contribution in [0.25, 0.3) is 10.8 Å². The fourth-order valence-electron chi connectivity index (χ4n) is 4.74. The molecular weight excluding hydrogens is 472 g/mol. The normalized spacial score (nSPS) is 16.8. The minimum absolute atomic E-state index is 0.398. The highest BCUT2D eigenvalue weighted by Crippen LogP contribution is 2.33. The van der Waals surface area contributed by atoms with Crippen LogP contribution in [0.4, 0.5) is 11.4 Å². The second kappa shape index (κ2) is 9.67. The molecule has 38 heavy (non-hydrogen) atoms. The Kier molecular flexibility index (Phi) is 5.90. The lowest BCUT2D eigenvalue weighted by Crippen LogP contribution is -2.65. The first-order valence-electron chi connectivity index (χ1n) is 12.3. The van der Waals surface area contributed by atoms with Crippen molar-refractivity contribution in [1.29, 1.82) is 0 Å². The van der Waals surface area contributed by atoms with Crippen molar-refractivity contribution in [3.8, 4) is 0 Å². The van der Waals surface area contributed by atoms with E-state index in [4.69, 9.17) is 5.10 Å². The minimum atomic E-state index is -1.69. The predicted octanol–water partition coefficient (Wildman–Crippen LogP) is 5.83. The topological polar surface area (TPSA) is 73.8 Å². The van der Waals surface area contributed by atoms with E-state index < -0.39 is 17.5 Å². The molecule has 2 N–H and O–H groups in total. The average Bonchev–Trinajstić information content (AvgIpc) is 3.25. The molecule has 0 spiro atoms. The third kappa shape index (κ3) is 4.08. The largest absolute Gasteiger partial charge is 0.350 e. The molecule has 6 rings (SSSR count). The lowest BCUT2D eigenvalue weighted by molar-refractivity contribution is -0.120. The fraction of sp³-hybridized carbons (Fsp3) is 0.0312. The van der Waals surface area contributed by atoms with Crippen LogP contribution < -0.4 is 15.6 Å². The molecule has 5 aromatic rings. The van der Waals surface area contributed by atoms with Gasteiger partial charge in [-0.1, -0.05) is 97.1 Å². The second-order valence-corrected chi connectivity index (χ2v) is 8.99. The standard InChI is InChI=1S/C32H24N4O2/c37-30(24-14-4-1-5-15-24)34-32(33-25-17-6-2-7-18-25)29(28-22-12-16-23-13-10-11-21-27(23)28)35-36(31(32)38)26-19-8-3-9-20-26/h1-22,33H,(H,34,37). The summed E-state index contributed by atoms with van der Waals surface area (Å²) in [7, 11) is 0. The monoisotopic (exact) mass is 496 g/mol. The predicted molar refractivity (Wildman–Crippen MR) is 151 cm³/mol. The number of nitrogens with one attached hydrogen (secondary N) is 2. The molecule has 1 heterocycles. The van der Waals surface area contributed by atoms with Gasteiger partial charge in [0.2, 0.25) is 5.66 Å². The Labute approximate surface area is 220 Å². The van der Waals surface area contributed by atoms with Crippen LogP contribution in [0.15, 0.2) is 139 Å². The summed E-state index contributed by atoms with van der Waals surface area (Å²) in [5, 5.41) is 14.6. The summed E-state index contributed by atoms with van der Waals surface area (Å²) in [6.07, 6.45) is 0. The van der Waals surface area contributed by atoms with Gasteiger partial charge in [-0.2, -0.15) is 10.1 Å². The van der Waals surface area contributed by atoms with Crippen molar-refractivity contribution in [2.75, 3.05) is 10.3 Å². The van der Waals surface area contributed by atoms with Gasteiger partial charge in [0.25, 0.3) is 5.91 Å². The van der Waals surface area contributed by atoms with E-state index in [0.717, 1.165) is 16.3 Å². The summed E-state index contributed by atoms with van der Waals surface area (Å²) in [4.78, 5) is 28.1. The molecule has 2 amide bonds. The number of carbonyl (C=O) groups is 2. The van der Waals surface area contributed by atoms with Crippen LogP contribution in [0.3, 0.4) is 0 Å². The Bertz CT molecular complexity index is 1650. The van der Waals surface area contributed by atoms with Crippen molar-refractivity contribution in [2.24, 2.45) is 5.10 Å². The Balaban J connectivity index is 1.58. The SMILES string of the molecule is O=C(NC1(Nc2ccccc2)C(=O)N(c2ccccc2)N=C1c1cccc2ccccc12)c1ccccc1. The van der Waals surface area contributed by atoms with Gasteiger partial charge in [0, 0.05) is 16.8 Å². The second-order valence-electron chi connectivity index (χ2n) is 8.99. The maximum atomic E-state index is 14.5. The number of nitrogens with zero attached hydrogens (tertiary/aromatic N) is 2. The lowest BCUT2D eigenvalue weighted by Gasteiger charge is -2.32. The Morgan fingerprint density at radius 2 is 1.29 bits per heavy atom. The molecule has 0 saturated heterocycles. The molecule has 5 aromatic carbocycles. The molecule has 0 radical (unpaired) electrons. The van der Waals surface area contributed by atoms with Crippen LogP contribution in [0, 0.1) is 0 Å².